The number of sulfone groups is 2. The van der Waals surface area contributed by atoms with Crippen molar-refractivity contribution in [1.29, 1.82) is 0 Å². The van der Waals surface area contributed by atoms with Gasteiger partial charge in [-0.25, -0.2) is 16.8 Å². The van der Waals surface area contributed by atoms with Crippen molar-refractivity contribution in [1.82, 2.24) is 0 Å². The van der Waals surface area contributed by atoms with Crippen molar-refractivity contribution in [3.8, 4) is 0 Å². The average Bonchev–Trinajstić information content (AvgIpc) is 2.47. The first-order chi connectivity index (χ1) is 10.5. The van der Waals surface area contributed by atoms with Crippen LogP contribution in [-0.2, 0) is 19.7 Å². The van der Waals surface area contributed by atoms with Crippen LogP contribution in [0.25, 0.3) is 0 Å². The topological polar surface area (TPSA) is 68.3 Å². The smallest absolute Gasteiger partial charge is 0.193 e. The molecule has 21 heavy (non-hydrogen) atoms. The zero-order valence-electron chi connectivity index (χ0n) is 13.6. The third-order valence-corrected chi connectivity index (χ3v) is 6.42. The summed E-state index contributed by atoms with van der Waals surface area (Å²) >= 11 is 0. The highest BCUT2D eigenvalue weighted by molar-refractivity contribution is 8.08. The maximum absolute atomic E-state index is 12.5. The first-order valence-electron chi connectivity index (χ1n) is 7.13. The lowest BCUT2D eigenvalue weighted by Crippen LogP contribution is -2.17. The molecule has 0 aliphatic rings. The first kappa shape index (κ1) is 13.0. The Morgan fingerprint density at radius 2 is 1.00 bits per heavy atom. The molecular weight excluding hydrogens is 308 g/mol. The zero-order valence-corrected chi connectivity index (χ0v) is 13.2. The Morgan fingerprint density at radius 1 is 0.714 bits per heavy atom. The van der Waals surface area contributed by atoms with Crippen LogP contribution in [0.4, 0.5) is 0 Å². The summed E-state index contributed by atoms with van der Waals surface area (Å²) in [4.78, 5) is -0.743. The largest absolute Gasteiger partial charge is 0.223 e. The summed E-state index contributed by atoms with van der Waals surface area (Å²) in [7, 11) is -9.45. The molecule has 0 unspecified atom stereocenters. The van der Waals surface area contributed by atoms with E-state index in [0.717, 1.165) is 11.1 Å². The Kier molecular flexibility index (Phi) is 3.48. The van der Waals surface area contributed by atoms with Gasteiger partial charge in [0.15, 0.2) is 24.7 Å². The van der Waals surface area contributed by atoms with Crippen molar-refractivity contribution < 1.29 is 19.6 Å². The van der Waals surface area contributed by atoms with E-state index in [-0.39, 0.29) is 9.79 Å². The molecular formula is C15H16O4S2. The van der Waals surface area contributed by atoms with E-state index in [4.69, 9.17) is 2.74 Å². The van der Waals surface area contributed by atoms with Crippen LogP contribution < -0.4 is 0 Å². The number of aryl methyl sites for hydroxylation is 2. The summed E-state index contributed by atoms with van der Waals surface area (Å²) in [6.07, 6.45) is 0. The van der Waals surface area contributed by atoms with E-state index >= 15 is 0 Å². The molecule has 0 atom stereocenters. The summed E-state index contributed by atoms with van der Waals surface area (Å²) in [5, 5.41) is -3.47. The van der Waals surface area contributed by atoms with Crippen LogP contribution in [0.5, 0.6) is 0 Å². The lowest BCUT2D eigenvalue weighted by Gasteiger charge is -2.07. The third-order valence-electron chi connectivity index (χ3n) is 2.88. The van der Waals surface area contributed by atoms with Crippen molar-refractivity contribution >= 4 is 19.7 Å². The summed E-state index contributed by atoms with van der Waals surface area (Å²) in [6.45, 7) is 3.49. The quantitative estimate of drug-likeness (QED) is 0.866. The fraction of sp³-hybridized carbons (Fsp3) is 0.200. The highest BCUT2D eigenvalue weighted by Crippen LogP contribution is 2.19. The summed E-state index contributed by atoms with van der Waals surface area (Å²) in [6, 6.07) is 10.8. The molecule has 0 bridgehead atoms. The SMILES string of the molecule is [2H]C([2H])(S(=O)(=O)c1ccc(C)cc1)S(=O)(=O)c1ccc(C)cc1. The molecule has 112 valence electrons. The van der Waals surface area contributed by atoms with E-state index in [0.29, 0.717) is 0 Å². The van der Waals surface area contributed by atoms with Gasteiger partial charge in [0.05, 0.1) is 12.5 Å². The molecule has 0 saturated heterocycles. The Hall–Kier alpha value is -1.66. The lowest BCUT2D eigenvalue weighted by atomic mass is 10.2. The minimum Gasteiger partial charge on any atom is -0.223 e. The van der Waals surface area contributed by atoms with Gasteiger partial charge in [0.1, 0.15) is 0 Å². The van der Waals surface area contributed by atoms with E-state index in [2.05, 4.69) is 0 Å². The highest BCUT2D eigenvalue weighted by atomic mass is 32.3. The van der Waals surface area contributed by atoms with Gasteiger partial charge in [-0.3, -0.25) is 0 Å². The van der Waals surface area contributed by atoms with Gasteiger partial charge in [-0.2, -0.15) is 0 Å². The molecule has 0 saturated carbocycles. The van der Waals surface area contributed by atoms with Crippen LogP contribution in [0.2, 0.25) is 0 Å². The van der Waals surface area contributed by atoms with Gasteiger partial charge in [0.25, 0.3) is 0 Å². The van der Waals surface area contributed by atoms with Crippen LogP contribution in [0, 0.1) is 13.8 Å². The van der Waals surface area contributed by atoms with Gasteiger partial charge in [0.2, 0.25) is 0 Å². The Balaban J connectivity index is 2.59. The summed E-state index contributed by atoms with van der Waals surface area (Å²) in [5.41, 5.74) is 1.57. The minimum absolute atomic E-state index is 0.371. The Bertz CT molecular complexity index is 837. The summed E-state index contributed by atoms with van der Waals surface area (Å²) in [5.74, 6) is 0. The van der Waals surface area contributed by atoms with E-state index < -0.39 is 24.7 Å². The maximum atomic E-state index is 12.5. The molecule has 0 aromatic heterocycles. The normalized spacial score (nSPS) is 14.4. The molecule has 2 aromatic carbocycles. The molecule has 2 rings (SSSR count). The minimum atomic E-state index is -4.73. The first-order valence-corrected chi connectivity index (χ1v) is 9.09. The van der Waals surface area contributed by atoms with Gasteiger partial charge in [-0.1, -0.05) is 35.4 Å². The number of hydrogen-bond acceptors (Lipinski definition) is 4. The van der Waals surface area contributed by atoms with Gasteiger partial charge in [0, 0.05) is 0 Å². The Morgan fingerprint density at radius 3 is 1.29 bits per heavy atom. The van der Waals surface area contributed by atoms with Crippen molar-refractivity contribution in [2.24, 2.45) is 0 Å². The molecule has 0 heterocycles. The molecule has 0 aliphatic carbocycles. The molecule has 6 heteroatoms. The van der Waals surface area contributed by atoms with Gasteiger partial charge < -0.3 is 0 Å². The van der Waals surface area contributed by atoms with Crippen molar-refractivity contribution in [3.63, 3.8) is 0 Å². The van der Waals surface area contributed by atoms with E-state index in [1.54, 1.807) is 13.8 Å². The molecule has 0 aliphatic heterocycles. The second-order valence-electron chi connectivity index (χ2n) is 4.72. The number of hydrogen-bond donors (Lipinski definition) is 0. The standard InChI is InChI=1S/C15H16O4S2/c1-12-3-7-14(8-4-12)20(16,17)11-21(18,19)15-9-5-13(2)6-10-15/h3-10H,11H2,1-2H3/i11D2. The van der Waals surface area contributed by atoms with Crippen LogP contribution >= 0.6 is 0 Å². The predicted molar refractivity (Wildman–Crippen MR) is 81.6 cm³/mol. The fourth-order valence-corrected chi connectivity index (χ4v) is 4.59. The van der Waals surface area contributed by atoms with Gasteiger partial charge in [-0.15, -0.1) is 0 Å². The second-order valence-corrected chi connectivity index (χ2v) is 8.34. The number of benzene rings is 2. The predicted octanol–water partition coefficient (Wildman–Crippen LogP) is 2.51. The van der Waals surface area contributed by atoms with E-state index in [1.807, 2.05) is 0 Å². The van der Waals surface area contributed by atoms with Crippen LogP contribution in [-0.4, -0.2) is 21.9 Å². The fourth-order valence-electron chi connectivity index (χ4n) is 1.68. The van der Waals surface area contributed by atoms with Crippen LogP contribution in [0.1, 0.15) is 13.9 Å². The molecule has 0 amide bonds. The van der Waals surface area contributed by atoms with Crippen LogP contribution in [0.3, 0.4) is 0 Å². The monoisotopic (exact) mass is 326 g/mol. The van der Waals surface area contributed by atoms with Gasteiger partial charge in [-0.05, 0) is 38.1 Å². The van der Waals surface area contributed by atoms with Crippen molar-refractivity contribution in [3.05, 3.63) is 59.7 Å². The average molecular weight is 326 g/mol. The van der Waals surface area contributed by atoms with E-state index in [1.165, 1.54) is 48.5 Å². The van der Waals surface area contributed by atoms with Crippen molar-refractivity contribution in [2.75, 3.05) is 5.04 Å². The molecule has 0 radical (unpaired) electrons. The zero-order chi connectivity index (χ0) is 17.5. The molecule has 2 aromatic rings. The molecule has 0 fully saturated rings. The molecule has 0 N–H and O–H groups in total. The van der Waals surface area contributed by atoms with Crippen molar-refractivity contribution in [2.45, 2.75) is 23.6 Å². The molecule has 0 spiro atoms. The van der Waals surface area contributed by atoms with E-state index in [9.17, 15) is 16.8 Å². The number of rotatable bonds is 4. The second kappa shape index (κ2) is 5.61. The lowest BCUT2D eigenvalue weighted by molar-refractivity contribution is 0.589. The Labute approximate surface area is 128 Å². The highest BCUT2D eigenvalue weighted by Gasteiger charge is 2.25. The third kappa shape index (κ3) is 3.71. The molecule has 4 nitrogen and oxygen atoms in total. The van der Waals surface area contributed by atoms with Crippen LogP contribution in [0.15, 0.2) is 58.3 Å². The van der Waals surface area contributed by atoms with Gasteiger partial charge >= 0.3 is 0 Å². The summed E-state index contributed by atoms with van der Waals surface area (Å²) < 4.78 is 65.6. The maximum Gasteiger partial charge on any atom is 0.193 e.